The van der Waals surface area contributed by atoms with Gasteiger partial charge >= 0.3 is 0 Å². The molecule has 15 heavy (non-hydrogen) atoms. The molecule has 0 saturated carbocycles. The summed E-state index contributed by atoms with van der Waals surface area (Å²) in [7, 11) is 0. The first-order valence-electron chi connectivity index (χ1n) is 4.90. The maximum Gasteiger partial charge on any atom is 0.0563 e. The van der Waals surface area contributed by atoms with Gasteiger partial charge in [-0.05, 0) is 19.1 Å². The molecule has 0 amide bonds. The molecular weight excluding hydrogens is 182 g/mol. The monoisotopic (exact) mass is 197 g/mol. The zero-order chi connectivity index (χ0) is 11.1. The van der Waals surface area contributed by atoms with Crippen molar-refractivity contribution in [1.29, 1.82) is 0 Å². The average molecular weight is 197 g/mol. The summed E-state index contributed by atoms with van der Waals surface area (Å²) in [5, 5.41) is 3.37. The molecule has 0 radical (unpaired) electrons. The zero-order valence-corrected chi connectivity index (χ0v) is 8.96. The standard InChI is InChI=1S/C14H15N/c1-4-11-14(3,12-5-2)15-13-9-7-6-8-10-13/h1-2,6-10,15H,11-12H2,3H3. The molecule has 0 saturated heterocycles. The number of anilines is 1. The van der Waals surface area contributed by atoms with Crippen molar-refractivity contribution in [2.75, 3.05) is 5.32 Å². The molecule has 0 spiro atoms. The van der Waals surface area contributed by atoms with Crippen molar-refractivity contribution in [2.45, 2.75) is 25.3 Å². The van der Waals surface area contributed by atoms with E-state index in [-0.39, 0.29) is 5.54 Å². The van der Waals surface area contributed by atoms with E-state index in [4.69, 9.17) is 12.8 Å². The Kier molecular flexibility index (Phi) is 3.83. The molecule has 1 heteroatoms. The van der Waals surface area contributed by atoms with Gasteiger partial charge in [0.1, 0.15) is 0 Å². The van der Waals surface area contributed by atoms with Gasteiger partial charge in [-0.1, -0.05) is 18.2 Å². The molecule has 1 nitrogen and oxygen atoms in total. The predicted octanol–water partition coefficient (Wildman–Crippen LogP) is 2.90. The summed E-state index contributed by atoms with van der Waals surface area (Å²) in [6.07, 6.45) is 11.9. The second kappa shape index (κ2) is 5.13. The maximum atomic E-state index is 5.34. The Bertz CT molecular complexity index is 362. The number of hydrogen-bond donors (Lipinski definition) is 1. The summed E-state index contributed by atoms with van der Waals surface area (Å²) in [5.74, 6) is 5.31. The summed E-state index contributed by atoms with van der Waals surface area (Å²) in [4.78, 5) is 0. The Balaban J connectivity index is 2.77. The van der Waals surface area contributed by atoms with Crippen LogP contribution in [0.5, 0.6) is 0 Å². The van der Waals surface area contributed by atoms with Crippen molar-refractivity contribution >= 4 is 5.69 Å². The Morgan fingerprint density at radius 1 is 1.13 bits per heavy atom. The summed E-state index contributed by atoms with van der Waals surface area (Å²) < 4.78 is 0. The molecule has 76 valence electrons. The van der Waals surface area contributed by atoms with Gasteiger partial charge in [-0.25, -0.2) is 0 Å². The Hall–Kier alpha value is -1.86. The number of benzene rings is 1. The smallest absolute Gasteiger partial charge is 0.0563 e. The molecule has 0 bridgehead atoms. The van der Waals surface area contributed by atoms with E-state index in [2.05, 4.69) is 17.2 Å². The van der Waals surface area contributed by atoms with Gasteiger partial charge in [-0.3, -0.25) is 0 Å². The molecule has 1 rings (SSSR count). The van der Waals surface area contributed by atoms with E-state index >= 15 is 0 Å². The number of para-hydroxylation sites is 1. The van der Waals surface area contributed by atoms with Crippen molar-refractivity contribution < 1.29 is 0 Å². The molecule has 0 fully saturated rings. The fourth-order valence-electron chi connectivity index (χ4n) is 1.47. The van der Waals surface area contributed by atoms with Gasteiger partial charge < -0.3 is 5.32 Å². The molecule has 1 N–H and O–H groups in total. The van der Waals surface area contributed by atoms with Crippen LogP contribution in [0, 0.1) is 24.7 Å². The van der Waals surface area contributed by atoms with Crippen LogP contribution in [0.25, 0.3) is 0 Å². The van der Waals surface area contributed by atoms with Crippen LogP contribution in [0.4, 0.5) is 5.69 Å². The fraction of sp³-hybridized carbons (Fsp3) is 0.286. The highest BCUT2D eigenvalue weighted by atomic mass is 15.0. The lowest BCUT2D eigenvalue weighted by molar-refractivity contribution is 0.543. The molecule has 0 aliphatic heterocycles. The highest BCUT2D eigenvalue weighted by Crippen LogP contribution is 2.20. The molecule has 0 aliphatic rings. The first-order valence-corrected chi connectivity index (χ1v) is 4.90. The molecule has 0 atom stereocenters. The number of rotatable bonds is 4. The van der Waals surface area contributed by atoms with Gasteiger partial charge in [0.05, 0.1) is 5.54 Å². The minimum atomic E-state index is -0.217. The van der Waals surface area contributed by atoms with Gasteiger partial charge in [0.25, 0.3) is 0 Å². The van der Waals surface area contributed by atoms with Crippen LogP contribution >= 0.6 is 0 Å². The van der Waals surface area contributed by atoms with Crippen LogP contribution in [0.15, 0.2) is 30.3 Å². The van der Waals surface area contributed by atoms with Crippen molar-refractivity contribution in [2.24, 2.45) is 0 Å². The van der Waals surface area contributed by atoms with Crippen LogP contribution in [-0.2, 0) is 0 Å². The second-order valence-corrected chi connectivity index (χ2v) is 3.81. The third kappa shape index (κ3) is 3.41. The molecule has 0 unspecified atom stereocenters. The quantitative estimate of drug-likeness (QED) is 0.732. The number of hydrogen-bond acceptors (Lipinski definition) is 1. The average Bonchev–Trinajstić information content (AvgIpc) is 2.19. The van der Waals surface area contributed by atoms with Gasteiger partial charge in [0, 0.05) is 18.5 Å². The van der Waals surface area contributed by atoms with E-state index in [9.17, 15) is 0 Å². The van der Waals surface area contributed by atoms with Crippen molar-refractivity contribution in [1.82, 2.24) is 0 Å². The topological polar surface area (TPSA) is 12.0 Å². The van der Waals surface area contributed by atoms with Gasteiger partial charge in [0.15, 0.2) is 0 Å². The fourth-order valence-corrected chi connectivity index (χ4v) is 1.47. The Morgan fingerprint density at radius 2 is 1.67 bits per heavy atom. The lowest BCUT2D eigenvalue weighted by atomic mass is 9.94. The SMILES string of the molecule is C#CCC(C)(CC#C)Nc1ccccc1. The molecule has 0 aliphatic carbocycles. The van der Waals surface area contributed by atoms with Crippen molar-refractivity contribution in [3.05, 3.63) is 30.3 Å². The molecule has 0 aromatic heterocycles. The first-order chi connectivity index (χ1) is 7.20. The van der Waals surface area contributed by atoms with E-state index in [1.54, 1.807) is 0 Å². The highest BCUT2D eigenvalue weighted by Gasteiger charge is 2.21. The minimum absolute atomic E-state index is 0.217. The van der Waals surface area contributed by atoms with Crippen LogP contribution in [-0.4, -0.2) is 5.54 Å². The minimum Gasteiger partial charge on any atom is -0.378 e. The van der Waals surface area contributed by atoms with Crippen LogP contribution < -0.4 is 5.32 Å². The third-order valence-electron chi connectivity index (χ3n) is 2.20. The van der Waals surface area contributed by atoms with E-state index in [0.717, 1.165) is 5.69 Å². The molecule has 1 aromatic carbocycles. The van der Waals surface area contributed by atoms with Crippen molar-refractivity contribution in [3.63, 3.8) is 0 Å². The van der Waals surface area contributed by atoms with Gasteiger partial charge in [-0.2, -0.15) is 0 Å². The molecule has 0 heterocycles. The van der Waals surface area contributed by atoms with E-state index < -0.39 is 0 Å². The van der Waals surface area contributed by atoms with Crippen LogP contribution in [0.2, 0.25) is 0 Å². The van der Waals surface area contributed by atoms with Gasteiger partial charge in [0.2, 0.25) is 0 Å². The zero-order valence-electron chi connectivity index (χ0n) is 8.96. The largest absolute Gasteiger partial charge is 0.378 e. The Labute approximate surface area is 91.9 Å². The predicted molar refractivity (Wildman–Crippen MR) is 65.4 cm³/mol. The normalized spacial score (nSPS) is 10.1. The second-order valence-electron chi connectivity index (χ2n) is 3.81. The number of terminal acetylenes is 2. The summed E-state index contributed by atoms with van der Waals surface area (Å²) in [5.41, 5.74) is 0.829. The Morgan fingerprint density at radius 3 is 2.13 bits per heavy atom. The lowest BCUT2D eigenvalue weighted by Gasteiger charge is -2.28. The third-order valence-corrected chi connectivity index (χ3v) is 2.20. The molecule has 1 aromatic rings. The van der Waals surface area contributed by atoms with Gasteiger partial charge in [-0.15, -0.1) is 24.7 Å². The molecular formula is C14H15N. The summed E-state index contributed by atoms with van der Waals surface area (Å²) >= 11 is 0. The first kappa shape index (κ1) is 11.2. The van der Waals surface area contributed by atoms with E-state index in [0.29, 0.717) is 12.8 Å². The highest BCUT2D eigenvalue weighted by molar-refractivity contribution is 5.45. The maximum absolute atomic E-state index is 5.34. The van der Waals surface area contributed by atoms with E-state index in [1.165, 1.54) is 0 Å². The summed E-state index contributed by atoms with van der Waals surface area (Å²) in [6, 6.07) is 9.95. The van der Waals surface area contributed by atoms with Crippen LogP contribution in [0.3, 0.4) is 0 Å². The van der Waals surface area contributed by atoms with E-state index in [1.807, 2.05) is 37.3 Å². The lowest BCUT2D eigenvalue weighted by Crippen LogP contribution is -2.33. The van der Waals surface area contributed by atoms with Crippen LogP contribution in [0.1, 0.15) is 19.8 Å². The van der Waals surface area contributed by atoms with Crippen molar-refractivity contribution in [3.8, 4) is 24.7 Å². The number of nitrogens with one attached hydrogen (secondary N) is 1. The summed E-state index contributed by atoms with van der Waals surface area (Å²) in [6.45, 7) is 2.04.